The molecule has 1 N–H and O–H groups in total. The monoisotopic (exact) mass is 301 g/mol. The van der Waals surface area contributed by atoms with Gasteiger partial charge in [0.25, 0.3) is 0 Å². The fourth-order valence-electron chi connectivity index (χ4n) is 3.25. The highest BCUT2D eigenvalue weighted by Crippen LogP contribution is 2.40. The zero-order chi connectivity index (χ0) is 12.5. The Balaban J connectivity index is 1.58. The molecule has 1 unspecified atom stereocenters. The molecule has 1 nitrogen and oxygen atoms in total. The van der Waals surface area contributed by atoms with Crippen LogP contribution in [0.2, 0.25) is 4.34 Å². The molecule has 0 aromatic carbocycles. The SMILES string of the molecule is CSC1CCC(NC2CCc3sc(Cl)cc32)CC1. The molecule has 1 aromatic heterocycles. The lowest BCUT2D eigenvalue weighted by Gasteiger charge is -2.30. The van der Waals surface area contributed by atoms with E-state index in [1.54, 1.807) is 11.3 Å². The van der Waals surface area contributed by atoms with E-state index >= 15 is 0 Å². The van der Waals surface area contributed by atoms with Gasteiger partial charge in [-0.05, 0) is 56.4 Å². The minimum atomic E-state index is 0.569. The van der Waals surface area contributed by atoms with E-state index in [1.165, 1.54) is 49.0 Å². The molecule has 2 aliphatic carbocycles. The minimum absolute atomic E-state index is 0.569. The molecule has 4 heteroatoms. The molecule has 2 aliphatic rings. The molecule has 0 aliphatic heterocycles. The van der Waals surface area contributed by atoms with Gasteiger partial charge in [-0.3, -0.25) is 0 Å². The first-order chi connectivity index (χ1) is 8.76. The summed E-state index contributed by atoms with van der Waals surface area (Å²) in [4.78, 5) is 1.51. The molecular weight excluding hydrogens is 282 g/mol. The van der Waals surface area contributed by atoms with Crippen molar-refractivity contribution < 1.29 is 0 Å². The first-order valence-electron chi connectivity index (χ1n) is 6.83. The van der Waals surface area contributed by atoms with E-state index in [0.29, 0.717) is 6.04 Å². The number of rotatable bonds is 3. The van der Waals surface area contributed by atoms with Crippen molar-refractivity contribution in [1.82, 2.24) is 5.32 Å². The Hall–Kier alpha value is 0.300. The zero-order valence-corrected chi connectivity index (χ0v) is 13.1. The topological polar surface area (TPSA) is 12.0 Å². The average Bonchev–Trinajstić information content (AvgIpc) is 2.91. The first-order valence-corrected chi connectivity index (χ1v) is 9.31. The normalized spacial score (nSPS) is 31.6. The molecular formula is C14H20ClNS2. The number of thioether (sulfide) groups is 1. The van der Waals surface area contributed by atoms with Gasteiger partial charge in [-0.1, -0.05) is 11.6 Å². The van der Waals surface area contributed by atoms with Gasteiger partial charge in [0.05, 0.1) is 4.34 Å². The van der Waals surface area contributed by atoms with Crippen LogP contribution < -0.4 is 5.32 Å². The van der Waals surface area contributed by atoms with E-state index in [9.17, 15) is 0 Å². The number of hydrogen-bond acceptors (Lipinski definition) is 3. The van der Waals surface area contributed by atoms with E-state index in [2.05, 4.69) is 17.6 Å². The fourth-order valence-corrected chi connectivity index (χ4v) is 5.35. The van der Waals surface area contributed by atoms with Crippen LogP contribution in [0.15, 0.2) is 6.07 Å². The number of thiophene rings is 1. The van der Waals surface area contributed by atoms with Gasteiger partial charge in [0.2, 0.25) is 0 Å². The van der Waals surface area contributed by atoms with Crippen LogP contribution in [0.4, 0.5) is 0 Å². The second-order valence-electron chi connectivity index (χ2n) is 5.40. The molecule has 18 heavy (non-hydrogen) atoms. The molecule has 0 spiro atoms. The Labute approximate surface area is 123 Å². The van der Waals surface area contributed by atoms with Gasteiger partial charge in [0, 0.05) is 22.2 Å². The summed E-state index contributed by atoms with van der Waals surface area (Å²) >= 11 is 9.92. The molecule has 1 atom stereocenters. The lowest BCUT2D eigenvalue weighted by atomic mass is 9.94. The summed E-state index contributed by atoms with van der Waals surface area (Å²) in [7, 11) is 0. The van der Waals surface area contributed by atoms with Crippen LogP contribution in [0, 0.1) is 0 Å². The Morgan fingerprint density at radius 3 is 2.78 bits per heavy atom. The maximum atomic E-state index is 6.11. The van der Waals surface area contributed by atoms with Crippen molar-refractivity contribution in [1.29, 1.82) is 0 Å². The summed E-state index contributed by atoms with van der Waals surface area (Å²) in [6, 6.07) is 3.47. The van der Waals surface area contributed by atoms with Crippen molar-refractivity contribution in [3.05, 3.63) is 20.8 Å². The van der Waals surface area contributed by atoms with Crippen LogP contribution in [0.5, 0.6) is 0 Å². The number of hydrogen-bond donors (Lipinski definition) is 1. The molecule has 0 amide bonds. The van der Waals surface area contributed by atoms with Gasteiger partial charge < -0.3 is 5.32 Å². The van der Waals surface area contributed by atoms with Gasteiger partial charge >= 0.3 is 0 Å². The molecule has 3 rings (SSSR count). The molecule has 0 bridgehead atoms. The van der Waals surface area contributed by atoms with Crippen LogP contribution in [0.3, 0.4) is 0 Å². The first kappa shape index (κ1) is 13.3. The highest BCUT2D eigenvalue weighted by Gasteiger charge is 2.28. The highest BCUT2D eigenvalue weighted by atomic mass is 35.5. The Morgan fingerprint density at radius 2 is 2.06 bits per heavy atom. The third kappa shape index (κ3) is 2.74. The summed E-state index contributed by atoms with van der Waals surface area (Å²) < 4.78 is 0.956. The Kier molecular flexibility index (Phi) is 4.24. The van der Waals surface area contributed by atoms with Crippen molar-refractivity contribution in [3.8, 4) is 0 Å². The molecule has 1 saturated carbocycles. The Bertz CT molecular complexity index is 410. The smallest absolute Gasteiger partial charge is 0.0934 e. The van der Waals surface area contributed by atoms with E-state index in [0.717, 1.165) is 15.6 Å². The maximum absolute atomic E-state index is 6.11. The van der Waals surface area contributed by atoms with Crippen molar-refractivity contribution in [3.63, 3.8) is 0 Å². The van der Waals surface area contributed by atoms with E-state index in [4.69, 9.17) is 11.6 Å². The highest BCUT2D eigenvalue weighted by molar-refractivity contribution is 7.99. The zero-order valence-electron chi connectivity index (χ0n) is 10.7. The van der Waals surface area contributed by atoms with Crippen LogP contribution in [-0.2, 0) is 6.42 Å². The van der Waals surface area contributed by atoms with E-state index < -0.39 is 0 Å². The second kappa shape index (κ2) is 5.74. The van der Waals surface area contributed by atoms with Crippen molar-refractivity contribution in [2.45, 2.75) is 55.9 Å². The predicted octanol–water partition coefficient (Wildman–Crippen LogP) is 4.65. The van der Waals surface area contributed by atoms with Gasteiger partial charge in [0.1, 0.15) is 0 Å². The standard InChI is InChI=1S/C14H20ClNS2/c1-17-10-4-2-9(3-5-10)16-12-6-7-13-11(12)8-14(15)18-13/h8-10,12,16H,2-7H2,1H3. The fraction of sp³-hybridized carbons (Fsp3) is 0.714. The van der Waals surface area contributed by atoms with Crippen molar-refractivity contribution >= 4 is 34.7 Å². The van der Waals surface area contributed by atoms with Crippen LogP contribution in [0.25, 0.3) is 0 Å². The second-order valence-corrected chi connectivity index (χ2v) is 8.30. The van der Waals surface area contributed by atoms with Crippen LogP contribution in [-0.4, -0.2) is 17.5 Å². The average molecular weight is 302 g/mol. The largest absolute Gasteiger partial charge is 0.307 e. The number of aryl methyl sites for hydroxylation is 1. The molecule has 0 saturated heterocycles. The number of fused-ring (bicyclic) bond motifs is 1. The van der Waals surface area contributed by atoms with Gasteiger partial charge in [-0.15, -0.1) is 11.3 Å². The van der Waals surface area contributed by atoms with Gasteiger partial charge in [-0.25, -0.2) is 0 Å². The summed E-state index contributed by atoms with van der Waals surface area (Å²) in [5.74, 6) is 0. The maximum Gasteiger partial charge on any atom is 0.0934 e. The third-order valence-corrected chi connectivity index (χ3v) is 6.77. The van der Waals surface area contributed by atoms with Gasteiger partial charge in [-0.2, -0.15) is 11.8 Å². The van der Waals surface area contributed by atoms with Crippen LogP contribution in [0.1, 0.15) is 48.6 Å². The number of halogens is 1. The predicted molar refractivity (Wildman–Crippen MR) is 83.1 cm³/mol. The quantitative estimate of drug-likeness (QED) is 0.872. The molecule has 100 valence electrons. The van der Waals surface area contributed by atoms with Crippen molar-refractivity contribution in [2.24, 2.45) is 0 Å². The van der Waals surface area contributed by atoms with E-state index in [1.807, 2.05) is 11.8 Å². The van der Waals surface area contributed by atoms with Gasteiger partial charge in [0.15, 0.2) is 0 Å². The minimum Gasteiger partial charge on any atom is -0.307 e. The summed E-state index contributed by atoms with van der Waals surface area (Å²) in [6.45, 7) is 0. The third-order valence-electron chi connectivity index (χ3n) is 4.29. The van der Waals surface area contributed by atoms with E-state index in [-0.39, 0.29) is 0 Å². The molecule has 0 radical (unpaired) electrons. The lowest BCUT2D eigenvalue weighted by Crippen LogP contribution is -2.35. The molecule has 1 fully saturated rings. The van der Waals surface area contributed by atoms with Crippen molar-refractivity contribution in [2.75, 3.05) is 6.26 Å². The van der Waals surface area contributed by atoms with Crippen LogP contribution >= 0.6 is 34.7 Å². The number of nitrogens with one attached hydrogen (secondary N) is 1. The Morgan fingerprint density at radius 1 is 1.28 bits per heavy atom. The lowest BCUT2D eigenvalue weighted by molar-refractivity contribution is 0.342. The summed E-state index contributed by atoms with van der Waals surface area (Å²) in [5.41, 5.74) is 1.48. The summed E-state index contributed by atoms with van der Waals surface area (Å²) in [6.07, 6.45) is 10.2. The molecule has 1 heterocycles. The summed E-state index contributed by atoms with van der Waals surface area (Å²) in [5, 5.41) is 4.77. The molecule has 1 aromatic rings.